The molecule has 4 aromatic heterocycles. The van der Waals surface area contributed by atoms with Gasteiger partial charge in [0.05, 0.1) is 34.9 Å². The first-order valence-corrected chi connectivity index (χ1v) is 14.1. The van der Waals surface area contributed by atoms with Crippen molar-refractivity contribution in [3.63, 3.8) is 0 Å². The van der Waals surface area contributed by atoms with Crippen molar-refractivity contribution in [2.24, 2.45) is 5.73 Å². The molecule has 1 amide bonds. The largest absolute Gasteiger partial charge is 0.477 e. The van der Waals surface area contributed by atoms with Gasteiger partial charge in [-0.3, -0.25) is 23.7 Å². The molecule has 0 unspecified atom stereocenters. The quantitative estimate of drug-likeness (QED) is 0.195. The third kappa shape index (κ3) is 5.90. The number of aromatic nitrogens is 4. The van der Waals surface area contributed by atoms with Crippen molar-refractivity contribution < 1.29 is 24.3 Å². The molecule has 0 fully saturated rings. The van der Waals surface area contributed by atoms with E-state index >= 15 is 0 Å². The monoisotopic (exact) mass is 622 g/mol. The smallest absolute Gasteiger partial charge is 0.353 e. The number of carboxylic acids is 1. The number of carbonyl (C=O) groups excluding carboxylic acids is 3. The second-order valence-electron chi connectivity index (χ2n) is 8.79. The molecule has 5 aromatic rings. The summed E-state index contributed by atoms with van der Waals surface area (Å²) in [5.74, 6) is -2.99. The van der Waals surface area contributed by atoms with E-state index in [1.165, 1.54) is 59.3 Å². The molecule has 15 heteroatoms. The minimum Gasteiger partial charge on any atom is -0.477 e. The first kappa shape index (κ1) is 28.6. The fourth-order valence-electron chi connectivity index (χ4n) is 4.07. The van der Waals surface area contributed by atoms with Gasteiger partial charge in [0.15, 0.2) is 5.78 Å². The number of aromatic carboxylic acids is 1. The van der Waals surface area contributed by atoms with E-state index in [1.807, 2.05) is 6.07 Å². The van der Waals surface area contributed by atoms with Crippen LogP contribution in [0.3, 0.4) is 0 Å². The highest BCUT2D eigenvalue weighted by Crippen LogP contribution is 2.28. The molecule has 0 aliphatic carbocycles. The minimum atomic E-state index is -1.47. The lowest BCUT2D eigenvalue weighted by atomic mass is 10.1. The zero-order chi connectivity index (χ0) is 30.0. The van der Waals surface area contributed by atoms with E-state index in [1.54, 1.807) is 6.07 Å². The normalized spacial score (nSPS) is 10.9. The van der Waals surface area contributed by atoms with Gasteiger partial charge >= 0.3 is 5.97 Å². The summed E-state index contributed by atoms with van der Waals surface area (Å²) in [4.78, 5) is 63.8. The maximum Gasteiger partial charge on any atom is 0.353 e. The number of Topliss-reactive ketones (excluding diaryl/α,β-unsaturated/α-hetero) is 1. The molecule has 0 aliphatic rings. The van der Waals surface area contributed by atoms with Crippen LogP contribution in [0, 0.1) is 0 Å². The Morgan fingerprint density at radius 2 is 1.74 bits per heavy atom. The molecule has 0 radical (unpaired) electrons. The molecule has 212 valence electrons. The second kappa shape index (κ2) is 11.9. The Hall–Kier alpha value is -4.92. The van der Waals surface area contributed by atoms with Gasteiger partial charge in [-0.2, -0.15) is 9.78 Å². The van der Waals surface area contributed by atoms with Crippen LogP contribution < -0.4 is 16.6 Å². The maximum atomic E-state index is 13.5. The van der Waals surface area contributed by atoms with Crippen LogP contribution in [0.25, 0.3) is 11.3 Å². The van der Waals surface area contributed by atoms with Crippen molar-refractivity contribution in [3.05, 3.63) is 108 Å². The summed E-state index contributed by atoms with van der Waals surface area (Å²) in [5.41, 5.74) is 4.82. The highest BCUT2D eigenvalue weighted by atomic mass is 35.5. The average molecular weight is 623 g/mol. The van der Waals surface area contributed by atoms with Crippen LogP contribution in [0.1, 0.15) is 46.4 Å². The highest BCUT2D eigenvalue weighted by Gasteiger charge is 2.25. The number of hydrogen-bond acceptors (Lipinski definition) is 10. The number of anilines is 1. The number of hydrogen-bond donors (Lipinski definition) is 3. The highest BCUT2D eigenvalue weighted by molar-refractivity contribution is 7.16. The number of nitrogens with zero attached hydrogens (tertiary/aromatic N) is 4. The van der Waals surface area contributed by atoms with Crippen LogP contribution in [0.5, 0.6) is 0 Å². The number of primary amides is 1. The van der Waals surface area contributed by atoms with Crippen molar-refractivity contribution >= 4 is 63.9 Å². The van der Waals surface area contributed by atoms with Gasteiger partial charge in [0.2, 0.25) is 5.91 Å². The molecular formula is C27H19ClN6O6S2. The number of thiophene rings is 1. The van der Waals surface area contributed by atoms with Crippen molar-refractivity contribution in [1.29, 1.82) is 0 Å². The van der Waals surface area contributed by atoms with Crippen LogP contribution in [0.4, 0.5) is 5.82 Å². The molecule has 1 aromatic carbocycles. The Labute approximate surface area is 249 Å². The molecule has 0 bridgehead atoms. The van der Waals surface area contributed by atoms with Crippen molar-refractivity contribution in [2.75, 3.05) is 5.32 Å². The summed E-state index contributed by atoms with van der Waals surface area (Å²) in [6.45, 7) is -0.270. The fraction of sp³-hybridized carbons (Fsp3) is 0.0741. The number of nitrogens with two attached hydrogens (primary N) is 1. The minimum absolute atomic E-state index is 0.0104. The van der Waals surface area contributed by atoms with Crippen LogP contribution in [0.15, 0.2) is 71.0 Å². The van der Waals surface area contributed by atoms with Gasteiger partial charge in [0.1, 0.15) is 11.5 Å². The van der Waals surface area contributed by atoms with E-state index in [0.717, 1.165) is 31.7 Å². The SMILES string of the molecule is NC(=O)c1ccc(C(=O)n2nc(-c3ccc(=O)n(CC(=O)c4cnsc4)c3C(=O)O)cc2NCc2ccc(Cl)s2)cc1. The summed E-state index contributed by atoms with van der Waals surface area (Å²) in [6, 6.07) is 13.1. The Bertz CT molecular complexity index is 1890. The predicted octanol–water partition coefficient (Wildman–Crippen LogP) is 3.86. The first-order valence-electron chi connectivity index (χ1n) is 12.0. The van der Waals surface area contributed by atoms with E-state index < -0.39 is 41.4 Å². The Balaban J connectivity index is 1.59. The summed E-state index contributed by atoms with van der Waals surface area (Å²) in [6.07, 6.45) is 1.34. The Kier molecular flexibility index (Phi) is 8.10. The number of rotatable bonds is 10. The first-order chi connectivity index (χ1) is 20.1. The lowest BCUT2D eigenvalue weighted by molar-refractivity contribution is 0.0683. The zero-order valence-electron chi connectivity index (χ0n) is 21.3. The predicted molar refractivity (Wildman–Crippen MR) is 157 cm³/mol. The molecule has 0 atom stereocenters. The molecule has 0 aliphatic heterocycles. The van der Waals surface area contributed by atoms with Crippen LogP contribution in [-0.2, 0) is 13.1 Å². The number of carboxylic acid groups (broad SMARTS) is 1. The summed E-state index contributed by atoms with van der Waals surface area (Å²) < 4.78 is 6.35. The van der Waals surface area contributed by atoms with Gasteiger partial charge in [-0.15, -0.1) is 11.3 Å². The van der Waals surface area contributed by atoms with Gasteiger partial charge in [-0.1, -0.05) is 11.6 Å². The second-order valence-corrected chi connectivity index (χ2v) is 11.3. The number of nitrogens with one attached hydrogen (secondary N) is 1. The molecule has 4 heterocycles. The average Bonchev–Trinajstić information content (AvgIpc) is 3.74. The van der Waals surface area contributed by atoms with Gasteiger partial charge in [-0.25, -0.2) is 9.17 Å². The maximum absolute atomic E-state index is 13.5. The molecule has 42 heavy (non-hydrogen) atoms. The number of ketones is 1. The molecule has 5 rings (SSSR count). The number of halogens is 1. The van der Waals surface area contributed by atoms with Gasteiger partial charge < -0.3 is 16.2 Å². The molecule has 0 saturated heterocycles. The standard InChI is InChI=1S/C27H19ClN6O6S2/c28-21-7-5-17(42-21)11-30-22-9-19(32-34(22)26(38)15-3-1-14(2-4-15)25(29)37)18-6-8-23(36)33(24(18)27(39)40)12-20(35)16-10-31-41-13-16/h1-10,13,30H,11-12H2,(H2,29,37)(H,39,40). The van der Waals surface area contributed by atoms with E-state index in [2.05, 4.69) is 14.8 Å². The topological polar surface area (TPSA) is 179 Å². The zero-order valence-corrected chi connectivity index (χ0v) is 23.7. The number of amides is 1. The van der Waals surface area contributed by atoms with Crippen LogP contribution in [0.2, 0.25) is 4.34 Å². The van der Waals surface area contributed by atoms with Crippen LogP contribution >= 0.6 is 34.5 Å². The molecule has 4 N–H and O–H groups in total. The third-order valence-corrected chi connectivity index (χ3v) is 7.93. The van der Waals surface area contributed by atoms with E-state index in [0.29, 0.717) is 4.34 Å². The van der Waals surface area contributed by atoms with Crippen molar-refractivity contribution in [1.82, 2.24) is 18.7 Å². The van der Waals surface area contributed by atoms with Crippen molar-refractivity contribution in [2.45, 2.75) is 13.1 Å². The molecular weight excluding hydrogens is 604 g/mol. The number of pyridine rings is 1. The van der Waals surface area contributed by atoms with E-state index in [-0.39, 0.29) is 40.3 Å². The number of carbonyl (C=O) groups is 4. The lowest BCUT2D eigenvalue weighted by Crippen LogP contribution is -2.29. The Morgan fingerprint density at radius 3 is 2.36 bits per heavy atom. The lowest BCUT2D eigenvalue weighted by Gasteiger charge is -2.12. The summed E-state index contributed by atoms with van der Waals surface area (Å²) in [5, 5.41) is 19.1. The van der Waals surface area contributed by atoms with Gasteiger partial charge in [-0.05, 0) is 54.0 Å². The molecule has 0 spiro atoms. The molecule has 0 saturated carbocycles. The molecule has 12 nitrogen and oxygen atoms in total. The van der Waals surface area contributed by atoms with Gasteiger partial charge in [0.25, 0.3) is 11.5 Å². The fourth-order valence-corrected chi connectivity index (χ4v) is 5.64. The summed E-state index contributed by atoms with van der Waals surface area (Å²) in [7, 11) is 0. The number of benzene rings is 1. The van der Waals surface area contributed by atoms with E-state index in [4.69, 9.17) is 17.3 Å². The Morgan fingerprint density at radius 1 is 1.00 bits per heavy atom. The third-order valence-electron chi connectivity index (χ3n) is 6.11. The van der Waals surface area contributed by atoms with Crippen LogP contribution in [-0.4, -0.2) is 47.4 Å². The van der Waals surface area contributed by atoms with Gasteiger partial charge in [0, 0.05) is 39.1 Å². The summed E-state index contributed by atoms with van der Waals surface area (Å²) >= 11 is 8.42. The van der Waals surface area contributed by atoms with E-state index in [9.17, 15) is 29.1 Å². The van der Waals surface area contributed by atoms with Crippen molar-refractivity contribution in [3.8, 4) is 11.3 Å².